The number of H-pyrrole nitrogens is 1. The first-order valence-electron chi connectivity index (χ1n) is 4.42. The van der Waals surface area contributed by atoms with Gasteiger partial charge in [0.2, 0.25) is 0 Å². The van der Waals surface area contributed by atoms with Crippen molar-refractivity contribution in [3.63, 3.8) is 0 Å². The van der Waals surface area contributed by atoms with Crippen molar-refractivity contribution in [3.8, 4) is 0 Å². The Bertz CT molecular complexity index is 463. The number of aryl methyl sites for hydroxylation is 1. The van der Waals surface area contributed by atoms with Crippen molar-refractivity contribution in [3.05, 3.63) is 42.1 Å². The Labute approximate surface area is 78.1 Å². The summed E-state index contributed by atoms with van der Waals surface area (Å²) in [6, 6.07) is 8.53. The van der Waals surface area contributed by atoms with Crippen LogP contribution in [0.3, 0.4) is 0 Å². The molecule has 0 amide bonds. The number of aromatic nitrogens is 1. The van der Waals surface area contributed by atoms with Crippen LogP contribution in [0.4, 0.5) is 0 Å². The van der Waals surface area contributed by atoms with E-state index in [0.29, 0.717) is 0 Å². The molecule has 13 heavy (non-hydrogen) atoms. The van der Waals surface area contributed by atoms with Gasteiger partial charge < -0.3 is 4.98 Å². The largest absolute Gasteiger partial charge is 0.359 e. The van der Waals surface area contributed by atoms with E-state index >= 15 is 0 Å². The lowest BCUT2D eigenvalue weighted by Gasteiger charge is -1.98. The highest BCUT2D eigenvalue weighted by atomic mass is 14.7. The van der Waals surface area contributed by atoms with E-state index in [9.17, 15) is 0 Å². The van der Waals surface area contributed by atoms with Gasteiger partial charge in [-0.05, 0) is 36.9 Å². The smallest absolute Gasteiger partial charge is 0.0462 e. The lowest BCUT2D eigenvalue weighted by molar-refractivity contribution is 1.30. The minimum atomic E-state index is 1.11. The molecule has 0 atom stereocenters. The summed E-state index contributed by atoms with van der Waals surface area (Å²) >= 11 is 0. The second-order valence-corrected chi connectivity index (χ2v) is 3.53. The molecule has 1 aromatic carbocycles. The van der Waals surface area contributed by atoms with Gasteiger partial charge in [-0.25, -0.2) is 0 Å². The first-order chi connectivity index (χ1) is 6.16. The molecule has 0 saturated carbocycles. The normalized spacial score (nSPS) is 10.6. The Morgan fingerprint density at radius 3 is 2.77 bits per heavy atom. The van der Waals surface area contributed by atoms with Gasteiger partial charge in [0, 0.05) is 11.2 Å². The van der Waals surface area contributed by atoms with Gasteiger partial charge in [-0.3, -0.25) is 0 Å². The molecule has 1 aromatic heterocycles. The third-order valence-corrected chi connectivity index (χ3v) is 2.25. The van der Waals surface area contributed by atoms with Crippen LogP contribution in [-0.4, -0.2) is 4.98 Å². The van der Waals surface area contributed by atoms with Crippen LogP contribution in [0.15, 0.2) is 30.8 Å². The van der Waals surface area contributed by atoms with Crippen molar-refractivity contribution in [2.24, 2.45) is 0 Å². The highest BCUT2D eigenvalue weighted by molar-refractivity contribution is 5.84. The monoisotopic (exact) mass is 171 g/mol. The molecule has 66 valence electrons. The number of allylic oxidation sites excluding steroid dienone is 1. The third-order valence-electron chi connectivity index (χ3n) is 2.25. The molecule has 1 N–H and O–H groups in total. The molecule has 1 heterocycles. The SMILES string of the molecule is C=C(C)c1ccc2cc(C)[nH]c2c1. The molecule has 1 nitrogen and oxygen atoms in total. The van der Waals surface area contributed by atoms with Crippen LogP contribution in [0.2, 0.25) is 0 Å². The zero-order valence-electron chi connectivity index (χ0n) is 8.02. The van der Waals surface area contributed by atoms with E-state index in [0.717, 1.165) is 5.57 Å². The summed E-state index contributed by atoms with van der Waals surface area (Å²) in [6.07, 6.45) is 0. The topological polar surface area (TPSA) is 15.8 Å². The van der Waals surface area contributed by atoms with E-state index in [1.165, 1.54) is 22.2 Å². The standard InChI is InChI=1S/C12H13N/c1-8(2)10-4-5-11-6-9(3)13-12(11)7-10/h4-7,13H,1H2,2-3H3. The van der Waals surface area contributed by atoms with Gasteiger partial charge in [-0.2, -0.15) is 0 Å². The molecular formula is C12H13N. The number of hydrogen-bond donors (Lipinski definition) is 1. The predicted molar refractivity (Wildman–Crippen MR) is 57.7 cm³/mol. The van der Waals surface area contributed by atoms with Crippen LogP contribution in [0.5, 0.6) is 0 Å². The van der Waals surface area contributed by atoms with E-state index < -0.39 is 0 Å². The molecule has 0 radical (unpaired) electrons. The summed E-state index contributed by atoms with van der Waals surface area (Å²) in [5.74, 6) is 0. The minimum absolute atomic E-state index is 1.11. The average molecular weight is 171 g/mol. The van der Waals surface area contributed by atoms with Gasteiger partial charge >= 0.3 is 0 Å². The minimum Gasteiger partial charge on any atom is -0.359 e. The number of fused-ring (bicyclic) bond motifs is 1. The molecule has 0 spiro atoms. The van der Waals surface area contributed by atoms with E-state index in [4.69, 9.17) is 0 Å². The van der Waals surface area contributed by atoms with Gasteiger partial charge in [-0.1, -0.05) is 24.3 Å². The average Bonchev–Trinajstić information content (AvgIpc) is 2.42. The van der Waals surface area contributed by atoms with Crippen molar-refractivity contribution in [1.82, 2.24) is 4.98 Å². The summed E-state index contributed by atoms with van der Waals surface area (Å²) in [5, 5.41) is 1.27. The molecule has 0 aliphatic carbocycles. The van der Waals surface area contributed by atoms with Gasteiger partial charge in [0.15, 0.2) is 0 Å². The fourth-order valence-corrected chi connectivity index (χ4v) is 1.54. The highest BCUT2D eigenvalue weighted by Gasteiger charge is 1.98. The number of benzene rings is 1. The molecule has 0 bridgehead atoms. The molecule has 0 aliphatic rings. The van der Waals surface area contributed by atoms with E-state index in [2.05, 4.69) is 42.8 Å². The first-order valence-corrected chi connectivity index (χ1v) is 4.42. The van der Waals surface area contributed by atoms with Crippen molar-refractivity contribution >= 4 is 16.5 Å². The first kappa shape index (κ1) is 8.11. The van der Waals surface area contributed by atoms with Gasteiger partial charge in [-0.15, -0.1) is 0 Å². The fraction of sp³-hybridized carbons (Fsp3) is 0.167. The van der Waals surface area contributed by atoms with Crippen LogP contribution >= 0.6 is 0 Å². The highest BCUT2D eigenvalue weighted by Crippen LogP contribution is 2.20. The number of aromatic amines is 1. The zero-order valence-corrected chi connectivity index (χ0v) is 8.02. The maximum atomic E-state index is 3.93. The van der Waals surface area contributed by atoms with E-state index in [1.807, 2.05) is 6.92 Å². The number of rotatable bonds is 1. The molecule has 1 heteroatoms. The Morgan fingerprint density at radius 1 is 1.31 bits per heavy atom. The third kappa shape index (κ3) is 1.37. The molecule has 0 saturated heterocycles. The Hall–Kier alpha value is -1.50. The quantitative estimate of drug-likeness (QED) is 0.675. The molecule has 2 rings (SSSR count). The van der Waals surface area contributed by atoms with Crippen LogP contribution in [-0.2, 0) is 0 Å². The van der Waals surface area contributed by atoms with Crippen LogP contribution in [0.1, 0.15) is 18.2 Å². The van der Waals surface area contributed by atoms with Crippen molar-refractivity contribution in [2.45, 2.75) is 13.8 Å². The molecule has 0 fully saturated rings. The van der Waals surface area contributed by atoms with Crippen LogP contribution in [0, 0.1) is 6.92 Å². The van der Waals surface area contributed by atoms with Gasteiger partial charge in [0.05, 0.1) is 0 Å². The van der Waals surface area contributed by atoms with E-state index in [1.54, 1.807) is 0 Å². The van der Waals surface area contributed by atoms with Crippen molar-refractivity contribution < 1.29 is 0 Å². The number of nitrogens with one attached hydrogen (secondary N) is 1. The summed E-state index contributed by atoms with van der Waals surface area (Å²) in [6.45, 7) is 8.02. The zero-order chi connectivity index (χ0) is 9.42. The lowest BCUT2D eigenvalue weighted by Crippen LogP contribution is -1.77. The maximum absolute atomic E-state index is 3.93. The Kier molecular flexibility index (Phi) is 1.73. The summed E-state index contributed by atoms with van der Waals surface area (Å²) in [5.41, 5.74) is 4.70. The fourth-order valence-electron chi connectivity index (χ4n) is 1.54. The molecule has 2 aromatic rings. The van der Waals surface area contributed by atoms with Crippen LogP contribution in [0.25, 0.3) is 16.5 Å². The maximum Gasteiger partial charge on any atom is 0.0462 e. The van der Waals surface area contributed by atoms with Crippen LogP contribution < -0.4 is 0 Å². The lowest BCUT2D eigenvalue weighted by atomic mass is 10.1. The number of hydrogen-bond acceptors (Lipinski definition) is 0. The molecular weight excluding hydrogens is 158 g/mol. The second-order valence-electron chi connectivity index (χ2n) is 3.53. The Balaban J connectivity index is 2.67. The molecule has 0 aliphatic heterocycles. The summed E-state index contributed by atoms with van der Waals surface area (Å²) < 4.78 is 0. The Morgan fingerprint density at radius 2 is 2.08 bits per heavy atom. The summed E-state index contributed by atoms with van der Waals surface area (Å²) in [7, 11) is 0. The molecule has 0 unspecified atom stereocenters. The predicted octanol–water partition coefficient (Wildman–Crippen LogP) is 3.51. The summed E-state index contributed by atoms with van der Waals surface area (Å²) in [4.78, 5) is 3.31. The van der Waals surface area contributed by atoms with Crippen molar-refractivity contribution in [1.29, 1.82) is 0 Å². The van der Waals surface area contributed by atoms with Gasteiger partial charge in [0.1, 0.15) is 0 Å². The van der Waals surface area contributed by atoms with Gasteiger partial charge in [0.25, 0.3) is 0 Å². The second kappa shape index (κ2) is 2.77. The van der Waals surface area contributed by atoms with E-state index in [-0.39, 0.29) is 0 Å². The van der Waals surface area contributed by atoms with Crippen molar-refractivity contribution in [2.75, 3.05) is 0 Å².